The second-order valence-corrected chi connectivity index (χ2v) is 3.57. The van der Waals surface area contributed by atoms with Gasteiger partial charge in [-0.05, 0) is 12.1 Å². The Kier molecular flexibility index (Phi) is 3.87. The Hall–Kier alpha value is -1.11. The Labute approximate surface area is 82.2 Å². The van der Waals surface area contributed by atoms with Crippen LogP contribution in [0.2, 0.25) is 0 Å². The van der Waals surface area contributed by atoms with Gasteiger partial charge in [0.15, 0.2) is 0 Å². The molecule has 1 rings (SSSR count). The molecule has 0 aliphatic heterocycles. The fourth-order valence-electron chi connectivity index (χ4n) is 0.757. The van der Waals surface area contributed by atoms with Gasteiger partial charge < -0.3 is 9.29 Å². The van der Waals surface area contributed by atoms with Crippen LogP contribution in [0.25, 0.3) is 0 Å². The quantitative estimate of drug-likeness (QED) is 0.770. The molecular weight excluding hydrogens is 208 g/mol. The third-order valence-corrected chi connectivity index (χ3v) is 2.11. The zero-order valence-corrected chi connectivity index (χ0v) is 8.11. The molecule has 0 saturated carbocycles. The molecule has 6 heteroatoms. The SMILES string of the molecule is O=S(=O)(OCCO)Oc1ccccc1. The van der Waals surface area contributed by atoms with Crippen molar-refractivity contribution in [2.24, 2.45) is 0 Å². The number of aliphatic hydroxyl groups excluding tert-OH is 1. The van der Waals surface area contributed by atoms with Gasteiger partial charge in [-0.25, -0.2) is 4.18 Å². The summed E-state index contributed by atoms with van der Waals surface area (Å²) in [6, 6.07) is 7.97. The van der Waals surface area contributed by atoms with Crippen molar-refractivity contribution >= 4 is 10.4 Å². The van der Waals surface area contributed by atoms with E-state index in [1.165, 1.54) is 12.1 Å². The Balaban J connectivity index is 2.60. The van der Waals surface area contributed by atoms with Crippen molar-refractivity contribution in [1.29, 1.82) is 0 Å². The van der Waals surface area contributed by atoms with Gasteiger partial charge in [0.2, 0.25) is 0 Å². The molecule has 0 bridgehead atoms. The van der Waals surface area contributed by atoms with Crippen LogP contribution >= 0.6 is 0 Å². The Morgan fingerprint density at radius 3 is 2.43 bits per heavy atom. The van der Waals surface area contributed by atoms with Crippen LogP contribution in [0.1, 0.15) is 0 Å². The van der Waals surface area contributed by atoms with E-state index in [0.29, 0.717) is 0 Å². The van der Waals surface area contributed by atoms with Crippen LogP contribution in [0.15, 0.2) is 30.3 Å². The molecule has 78 valence electrons. The standard InChI is InChI=1S/C8H10O5S/c9-6-7-12-14(10,11)13-8-4-2-1-3-5-8/h1-5,9H,6-7H2. The van der Waals surface area contributed by atoms with E-state index in [1.54, 1.807) is 18.2 Å². The van der Waals surface area contributed by atoms with Crippen molar-refractivity contribution in [3.8, 4) is 5.75 Å². The van der Waals surface area contributed by atoms with E-state index in [1.807, 2.05) is 0 Å². The van der Waals surface area contributed by atoms with Gasteiger partial charge in [-0.2, -0.15) is 8.42 Å². The molecule has 0 aliphatic rings. The van der Waals surface area contributed by atoms with Crippen LogP contribution in [-0.2, 0) is 14.6 Å². The van der Waals surface area contributed by atoms with Gasteiger partial charge in [-0.1, -0.05) is 18.2 Å². The van der Waals surface area contributed by atoms with Crippen molar-refractivity contribution in [3.63, 3.8) is 0 Å². The largest absolute Gasteiger partial charge is 0.449 e. The lowest BCUT2D eigenvalue weighted by Gasteiger charge is -2.04. The number of benzene rings is 1. The minimum atomic E-state index is -4.06. The minimum Gasteiger partial charge on any atom is -0.394 e. The van der Waals surface area contributed by atoms with Gasteiger partial charge in [0.05, 0.1) is 13.2 Å². The highest BCUT2D eigenvalue weighted by molar-refractivity contribution is 7.82. The lowest BCUT2D eigenvalue weighted by molar-refractivity contribution is 0.190. The van der Waals surface area contributed by atoms with E-state index < -0.39 is 10.4 Å². The number of rotatable bonds is 5. The lowest BCUT2D eigenvalue weighted by atomic mass is 10.3. The first-order valence-electron chi connectivity index (χ1n) is 3.89. The van der Waals surface area contributed by atoms with Gasteiger partial charge in [0.1, 0.15) is 5.75 Å². The molecule has 0 atom stereocenters. The molecule has 0 fully saturated rings. The molecule has 1 aromatic carbocycles. The second-order valence-electron chi connectivity index (χ2n) is 2.35. The lowest BCUT2D eigenvalue weighted by Crippen LogP contribution is -2.15. The molecule has 14 heavy (non-hydrogen) atoms. The van der Waals surface area contributed by atoms with Crippen molar-refractivity contribution in [2.75, 3.05) is 13.2 Å². The zero-order chi connectivity index (χ0) is 10.4. The number of hydrogen-bond donors (Lipinski definition) is 1. The highest BCUT2D eigenvalue weighted by Gasteiger charge is 2.12. The Bertz CT molecular complexity index is 359. The zero-order valence-electron chi connectivity index (χ0n) is 7.29. The van der Waals surface area contributed by atoms with Crippen molar-refractivity contribution < 1.29 is 21.9 Å². The summed E-state index contributed by atoms with van der Waals surface area (Å²) >= 11 is 0. The first-order chi connectivity index (χ1) is 6.64. The predicted octanol–water partition coefficient (Wildman–Crippen LogP) is 0.319. The monoisotopic (exact) mass is 218 g/mol. The number of para-hydroxylation sites is 1. The summed E-state index contributed by atoms with van der Waals surface area (Å²) in [5, 5.41) is 8.35. The van der Waals surface area contributed by atoms with E-state index in [-0.39, 0.29) is 19.0 Å². The number of aliphatic hydroxyl groups is 1. The molecule has 1 N–H and O–H groups in total. The van der Waals surface area contributed by atoms with Crippen LogP contribution in [0.4, 0.5) is 0 Å². The van der Waals surface area contributed by atoms with Crippen LogP contribution in [0.5, 0.6) is 5.75 Å². The van der Waals surface area contributed by atoms with Gasteiger partial charge in [0, 0.05) is 0 Å². The fourth-order valence-corrected chi connectivity index (χ4v) is 1.43. The van der Waals surface area contributed by atoms with Gasteiger partial charge in [-0.15, -0.1) is 0 Å². The topological polar surface area (TPSA) is 72.8 Å². The maximum atomic E-state index is 11.0. The summed E-state index contributed by atoms with van der Waals surface area (Å²) in [6.07, 6.45) is 0. The molecule has 0 amide bonds. The predicted molar refractivity (Wildman–Crippen MR) is 49.0 cm³/mol. The molecule has 0 unspecified atom stereocenters. The second kappa shape index (κ2) is 4.94. The highest BCUT2D eigenvalue weighted by Crippen LogP contribution is 2.11. The van der Waals surface area contributed by atoms with Crippen molar-refractivity contribution in [3.05, 3.63) is 30.3 Å². The summed E-state index contributed by atoms with van der Waals surface area (Å²) in [4.78, 5) is 0. The molecule has 0 aliphatic carbocycles. The molecule has 5 nitrogen and oxygen atoms in total. The van der Waals surface area contributed by atoms with E-state index in [4.69, 9.17) is 5.11 Å². The molecule has 0 spiro atoms. The molecule has 1 aromatic rings. The van der Waals surface area contributed by atoms with E-state index in [0.717, 1.165) is 0 Å². The van der Waals surface area contributed by atoms with Crippen LogP contribution < -0.4 is 4.18 Å². The molecule has 0 aromatic heterocycles. The fraction of sp³-hybridized carbons (Fsp3) is 0.250. The summed E-state index contributed by atoms with van der Waals surface area (Å²) < 4.78 is 30.8. The summed E-state index contributed by atoms with van der Waals surface area (Å²) in [5.74, 6) is 0.172. The van der Waals surface area contributed by atoms with Crippen LogP contribution in [0, 0.1) is 0 Å². The summed E-state index contributed by atoms with van der Waals surface area (Å²) in [7, 11) is -4.06. The molecule has 0 saturated heterocycles. The Morgan fingerprint density at radius 1 is 1.21 bits per heavy atom. The molecular formula is C8H10O5S. The third kappa shape index (κ3) is 3.73. The third-order valence-electron chi connectivity index (χ3n) is 1.26. The maximum absolute atomic E-state index is 11.0. The molecule has 0 heterocycles. The smallest absolute Gasteiger partial charge is 0.394 e. The number of hydrogen-bond acceptors (Lipinski definition) is 5. The molecule has 0 radical (unpaired) electrons. The minimum absolute atomic E-state index is 0.172. The average molecular weight is 218 g/mol. The van der Waals surface area contributed by atoms with Crippen LogP contribution in [0.3, 0.4) is 0 Å². The van der Waals surface area contributed by atoms with E-state index in [9.17, 15) is 8.42 Å². The normalized spacial score (nSPS) is 11.2. The van der Waals surface area contributed by atoms with Gasteiger partial charge >= 0.3 is 10.4 Å². The Morgan fingerprint density at radius 2 is 1.86 bits per heavy atom. The van der Waals surface area contributed by atoms with Crippen molar-refractivity contribution in [2.45, 2.75) is 0 Å². The van der Waals surface area contributed by atoms with Crippen LogP contribution in [-0.4, -0.2) is 26.7 Å². The van der Waals surface area contributed by atoms with E-state index in [2.05, 4.69) is 8.37 Å². The highest BCUT2D eigenvalue weighted by atomic mass is 32.3. The van der Waals surface area contributed by atoms with Gasteiger partial charge in [-0.3, -0.25) is 0 Å². The average Bonchev–Trinajstić information content (AvgIpc) is 2.16. The maximum Gasteiger partial charge on any atom is 0.449 e. The summed E-state index contributed by atoms with van der Waals surface area (Å²) in [6.45, 7) is -0.688. The first kappa shape index (κ1) is 11.0. The summed E-state index contributed by atoms with van der Waals surface area (Å²) in [5.41, 5.74) is 0. The first-order valence-corrected chi connectivity index (χ1v) is 5.22. The van der Waals surface area contributed by atoms with Crippen molar-refractivity contribution in [1.82, 2.24) is 0 Å². The van der Waals surface area contributed by atoms with Gasteiger partial charge in [0.25, 0.3) is 0 Å². The van der Waals surface area contributed by atoms with E-state index >= 15 is 0 Å².